The maximum atomic E-state index is 12.1. The highest BCUT2D eigenvalue weighted by Crippen LogP contribution is 2.32. The normalized spacial score (nSPS) is 14.6. The molecule has 0 saturated heterocycles. The zero-order valence-electron chi connectivity index (χ0n) is 11.3. The first-order chi connectivity index (χ1) is 8.47. The van der Waals surface area contributed by atoms with Crippen molar-refractivity contribution in [2.24, 2.45) is 11.3 Å². The van der Waals surface area contributed by atoms with Gasteiger partial charge in [-0.2, -0.15) is 8.78 Å². The summed E-state index contributed by atoms with van der Waals surface area (Å²) in [5, 5.41) is 8.64. The monoisotopic (exact) mass is 301 g/mol. The average Bonchev–Trinajstić information content (AvgIpc) is 2.20. The Morgan fingerprint density at radius 3 is 2.16 bits per heavy atom. The molecule has 19 heavy (non-hydrogen) atoms. The minimum Gasteiger partial charge on any atom is -0.481 e. The van der Waals surface area contributed by atoms with Crippen molar-refractivity contribution >= 4 is 16.0 Å². The van der Waals surface area contributed by atoms with Gasteiger partial charge in [0.2, 0.25) is 0 Å². The Morgan fingerprint density at radius 2 is 1.79 bits per heavy atom. The Labute approximate surface area is 112 Å². The molecule has 2 N–H and O–H groups in total. The van der Waals surface area contributed by atoms with E-state index in [0.717, 1.165) is 0 Å². The fraction of sp³-hybridized carbons (Fsp3) is 0.909. The second-order valence-electron chi connectivity index (χ2n) is 5.48. The molecule has 0 fully saturated rings. The Hall–Kier alpha value is -0.760. The van der Waals surface area contributed by atoms with Crippen LogP contribution < -0.4 is 4.72 Å². The van der Waals surface area contributed by atoms with Crippen molar-refractivity contribution in [1.29, 1.82) is 0 Å². The first-order valence-electron chi connectivity index (χ1n) is 5.95. The number of aliphatic carboxylic acids is 1. The molecule has 1 unspecified atom stereocenters. The van der Waals surface area contributed by atoms with Crippen LogP contribution in [-0.2, 0) is 14.8 Å². The molecule has 0 bridgehead atoms. The molecule has 0 heterocycles. The smallest absolute Gasteiger partial charge is 0.350 e. The lowest BCUT2D eigenvalue weighted by molar-refractivity contribution is -0.137. The van der Waals surface area contributed by atoms with Crippen molar-refractivity contribution in [2.45, 2.75) is 45.8 Å². The number of hydrogen-bond donors (Lipinski definition) is 2. The molecule has 0 aliphatic rings. The number of hydrogen-bond acceptors (Lipinski definition) is 3. The summed E-state index contributed by atoms with van der Waals surface area (Å²) in [6.45, 7) is 5.59. The highest BCUT2D eigenvalue weighted by molar-refractivity contribution is 7.89. The molecule has 0 aromatic carbocycles. The van der Waals surface area contributed by atoms with Crippen molar-refractivity contribution < 1.29 is 27.1 Å². The Bertz CT molecular complexity index is 390. The van der Waals surface area contributed by atoms with Crippen LogP contribution >= 0.6 is 0 Å². The number of carboxylic acid groups (broad SMARTS) is 1. The number of rotatable bonds is 8. The van der Waals surface area contributed by atoms with Crippen LogP contribution in [0.3, 0.4) is 0 Å². The summed E-state index contributed by atoms with van der Waals surface area (Å²) in [7, 11) is -4.57. The largest absolute Gasteiger partial charge is 0.481 e. The van der Waals surface area contributed by atoms with Crippen LogP contribution in [0.4, 0.5) is 8.78 Å². The molecule has 114 valence electrons. The van der Waals surface area contributed by atoms with Crippen LogP contribution in [-0.4, -0.2) is 31.8 Å². The van der Waals surface area contributed by atoms with Gasteiger partial charge in [0.25, 0.3) is 10.0 Å². The molecule has 0 aromatic heterocycles. The molecule has 0 aliphatic carbocycles. The van der Waals surface area contributed by atoms with E-state index in [1.807, 2.05) is 25.5 Å². The van der Waals surface area contributed by atoms with E-state index in [-0.39, 0.29) is 24.3 Å². The lowest BCUT2D eigenvalue weighted by Crippen LogP contribution is -2.33. The highest BCUT2D eigenvalue weighted by atomic mass is 32.2. The Morgan fingerprint density at radius 1 is 1.26 bits per heavy atom. The van der Waals surface area contributed by atoms with Crippen molar-refractivity contribution in [3.8, 4) is 0 Å². The number of alkyl halides is 2. The zero-order chi connectivity index (χ0) is 15.3. The van der Waals surface area contributed by atoms with E-state index in [0.29, 0.717) is 12.8 Å². The van der Waals surface area contributed by atoms with Gasteiger partial charge in [0.15, 0.2) is 0 Å². The van der Waals surface area contributed by atoms with Crippen molar-refractivity contribution in [1.82, 2.24) is 4.72 Å². The van der Waals surface area contributed by atoms with Crippen LogP contribution in [0, 0.1) is 11.3 Å². The molecule has 5 nitrogen and oxygen atoms in total. The molecule has 8 heteroatoms. The predicted molar refractivity (Wildman–Crippen MR) is 67.4 cm³/mol. The third kappa shape index (κ3) is 7.41. The van der Waals surface area contributed by atoms with Gasteiger partial charge in [0.1, 0.15) is 0 Å². The number of nitrogens with one attached hydrogen (secondary N) is 1. The third-order valence-electron chi connectivity index (χ3n) is 2.96. The molecular weight excluding hydrogens is 280 g/mol. The minimum atomic E-state index is -4.57. The number of carboxylic acids is 1. The number of halogens is 2. The summed E-state index contributed by atoms with van der Waals surface area (Å²) < 4.78 is 47.8. The molecule has 1 atom stereocenters. The summed E-state index contributed by atoms with van der Waals surface area (Å²) in [5.74, 6) is -4.44. The molecule has 0 aliphatic heterocycles. The van der Waals surface area contributed by atoms with Gasteiger partial charge in [-0.25, -0.2) is 13.1 Å². The summed E-state index contributed by atoms with van der Waals surface area (Å²) in [4.78, 5) is 10.5. The quantitative estimate of drug-likeness (QED) is 0.718. The Kier molecular flexibility index (Phi) is 6.85. The fourth-order valence-electron chi connectivity index (χ4n) is 1.75. The van der Waals surface area contributed by atoms with E-state index < -0.39 is 21.8 Å². The molecular formula is C11H21F2NO4S. The van der Waals surface area contributed by atoms with Gasteiger partial charge in [0, 0.05) is 13.0 Å². The molecule has 0 radical (unpaired) electrons. The summed E-state index contributed by atoms with van der Waals surface area (Å²) in [5.41, 5.74) is -0.217. The summed E-state index contributed by atoms with van der Waals surface area (Å²) >= 11 is 0. The van der Waals surface area contributed by atoms with Gasteiger partial charge in [-0.05, 0) is 24.2 Å². The minimum absolute atomic E-state index is 0.0243. The topological polar surface area (TPSA) is 83.5 Å². The number of carbonyl (C=O) groups is 1. The first-order valence-corrected chi connectivity index (χ1v) is 7.50. The first kappa shape index (κ1) is 18.2. The molecule has 0 spiro atoms. The maximum absolute atomic E-state index is 12.1. The Balaban J connectivity index is 4.40. The van der Waals surface area contributed by atoms with E-state index in [9.17, 15) is 22.0 Å². The molecule has 0 amide bonds. The molecule has 0 rings (SSSR count). The SMILES string of the molecule is CC(C)(C)C(CCNS(=O)(=O)C(F)F)CCC(=O)O. The predicted octanol–water partition coefficient (Wildman–Crippen LogP) is 2.05. The highest BCUT2D eigenvalue weighted by Gasteiger charge is 2.27. The molecule has 0 aromatic rings. The van der Waals surface area contributed by atoms with Gasteiger partial charge in [0.05, 0.1) is 0 Å². The standard InChI is InChI=1S/C11H21F2NO4S/c1-11(2,3)8(4-5-9(15)16)6-7-14-19(17,18)10(12)13/h8,10,14H,4-7H2,1-3H3,(H,15,16). The van der Waals surface area contributed by atoms with Gasteiger partial charge < -0.3 is 5.11 Å². The maximum Gasteiger partial charge on any atom is 0.350 e. The van der Waals surface area contributed by atoms with Gasteiger partial charge in [-0.15, -0.1) is 0 Å². The van der Waals surface area contributed by atoms with Crippen LogP contribution in [0.15, 0.2) is 0 Å². The van der Waals surface area contributed by atoms with Crippen molar-refractivity contribution in [3.63, 3.8) is 0 Å². The van der Waals surface area contributed by atoms with E-state index in [4.69, 9.17) is 5.11 Å². The van der Waals surface area contributed by atoms with Crippen LogP contribution in [0.25, 0.3) is 0 Å². The van der Waals surface area contributed by atoms with Gasteiger partial charge in [-0.3, -0.25) is 4.79 Å². The second-order valence-corrected chi connectivity index (χ2v) is 7.22. The lowest BCUT2D eigenvalue weighted by Gasteiger charge is -2.30. The van der Waals surface area contributed by atoms with E-state index in [1.54, 1.807) is 0 Å². The van der Waals surface area contributed by atoms with Crippen LogP contribution in [0.1, 0.15) is 40.0 Å². The van der Waals surface area contributed by atoms with E-state index in [2.05, 4.69) is 0 Å². The second kappa shape index (κ2) is 7.14. The fourth-order valence-corrected chi connectivity index (χ4v) is 2.27. The summed E-state index contributed by atoms with van der Waals surface area (Å²) in [6, 6.07) is 0. The third-order valence-corrected chi connectivity index (χ3v) is 4.04. The van der Waals surface area contributed by atoms with Gasteiger partial charge in [-0.1, -0.05) is 20.8 Å². The number of sulfonamides is 1. The van der Waals surface area contributed by atoms with Crippen molar-refractivity contribution in [3.05, 3.63) is 0 Å². The van der Waals surface area contributed by atoms with Crippen LogP contribution in [0.5, 0.6) is 0 Å². The molecule has 0 saturated carbocycles. The van der Waals surface area contributed by atoms with E-state index in [1.165, 1.54) is 0 Å². The van der Waals surface area contributed by atoms with Crippen LogP contribution in [0.2, 0.25) is 0 Å². The van der Waals surface area contributed by atoms with Gasteiger partial charge >= 0.3 is 11.7 Å². The summed E-state index contributed by atoms with van der Waals surface area (Å²) in [6.07, 6.45) is 0.682. The average molecular weight is 301 g/mol. The van der Waals surface area contributed by atoms with Crippen molar-refractivity contribution in [2.75, 3.05) is 6.54 Å². The van der Waals surface area contributed by atoms with E-state index >= 15 is 0 Å². The lowest BCUT2D eigenvalue weighted by atomic mass is 9.76. The zero-order valence-corrected chi connectivity index (χ0v) is 12.1.